The van der Waals surface area contributed by atoms with Gasteiger partial charge in [-0.1, -0.05) is 46.5 Å². The molecule has 19 heavy (non-hydrogen) atoms. The van der Waals surface area contributed by atoms with E-state index in [9.17, 15) is 0 Å². The maximum atomic E-state index is 2.45. The zero-order valence-corrected chi connectivity index (χ0v) is 13.5. The summed E-state index contributed by atoms with van der Waals surface area (Å²) in [6.07, 6.45) is 17.1. The molecule has 4 fully saturated rings. The van der Waals surface area contributed by atoms with Gasteiger partial charge in [-0.05, 0) is 73.5 Å². The van der Waals surface area contributed by atoms with Crippen molar-refractivity contribution in [1.82, 2.24) is 0 Å². The summed E-state index contributed by atoms with van der Waals surface area (Å²) in [6.45, 7) is 7.36. The minimum Gasteiger partial charge on any atom is -0.0599 e. The highest BCUT2D eigenvalue weighted by Crippen LogP contribution is 2.54. The number of fused-ring (bicyclic) bond motifs is 3. The molecule has 4 aliphatic carbocycles. The monoisotopic (exact) mass is 262 g/mol. The van der Waals surface area contributed by atoms with E-state index < -0.39 is 0 Å². The van der Waals surface area contributed by atoms with Crippen LogP contribution in [0.15, 0.2) is 0 Å². The zero-order chi connectivity index (χ0) is 13.5. The first-order valence-electron chi connectivity index (χ1n) is 8.97. The first-order valence-corrected chi connectivity index (χ1v) is 8.97. The van der Waals surface area contributed by atoms with Crippen molar-refractivity contribution < 1.29 is 0 Å². The quantitative estimate of drug-likeness (QED) is 0.487. The molecule has 4 rings (SSSR count). The van der Waals surface area contributed by atoms with Gasteiger partial charge in [0.05, 0.1) is 0 Å². The van der Waals surface area contributed by atoms with E-state index in [1.807, 2.05) is 0 Å². The lowest BCUT2D eigenvalue weighted by molar-refractivity contribution is 0.0280. The van der Waals surface area contributed by atoms with Gasteiger partial charge in [0.2, 0.25) is 0 Å². The van der Waals surface area contributed by atoms with Crippen LogP contribution >= 0.6 is 0 Å². The Hall–Kier alpha value is 0. The van der Waals surface area contributed by atoms with Crippen LogP contribution in [-0.2, 0) is 0 Å². The molecule has 0 amide bonds. The third kappa shape index (κ3) is 3.03. The van der Waals surface area contributed by atoms with Gasteiger partial charge in [0, 0.05) is 0 Å². The summed E-state index contributed by atoms with van der Waals surface area (Å²) < 4.78 is 0. The summed E-state index contributed by atoms with van der Waals surface area (Å²) in [6, 6.07) is 0. The normalized spacial score (nSPS) is 44.1. The third-order valence-electron chi connectivity index (χ3n) is 7.04. The van der Waals surface area contributed by atoms with E-state index in [0.29, 0.717) is 5.41 Å². The molecule has 4 aliphatic rings. The van der Waals surface area contributed by atoms with E-state index in [4.69, 9.17) is 0 Å². The van der Waals surface area contributed by atoms with Gasteiger partial charge in [-0.2, -0.15) is 0 Å². The van der Waals surface area contributed by atoms with Gasteiger partial charge in [-0.3, -0.25) is 0 Å². The Balaban J connectivity index is 1.65. The molecule has 2 bridgehead atoms. The lowest BCUT2D eigenvalue weighted by atomic mass is 9.57. The van der Waals surface area contributed by atoms with Crippen LogP contribution in [0.25, 0.3) is 0 Å². The molecule has 0 atom stereocenters. The van der Waals surface area contributed by atoms with Gasteiger partial charge in [0.25, 0.3) is 0 Å². The standard InChI is InChI=1S/C19H34/c1-18(2,3)17-9-12-19(13-10-17)11-8-15-4-6-16(14-19)7-5-15/h15-17H,4-14H2,1-3H3. The fourth-order valence-corrected chi connectivity index (χ4v) is 5.50. The van der Waals surface area contributed by atoms with Crippen LogP contribution in [0.2, 0.25) is 0 Å². The van der Waals surface area contributed by atoms with Gasteiger partial charge in [-0.25, -0.2) is 0 Å². The number of hydrogen-bond acceptors (Lipinski definition) is 0. The Morgan fingerprint density at radius 3 is 1.79 bits per heavy atom. The van der Waals surface area contributed by atoms with Crippen LogP contribution < -0.4 is 0 Å². The van der Waals surface area contributed by atoms with Crippen molar-refractivity contribution in [3.8, 4) is 0 Å². The van der Waals surface area contributed by atoms with Crippen LogP contribution in [0.5, 0.6) is 0 Å². The van der Waals surface area contributed by atoms with Crippen LogP contribution in [0.1, 0.15) is 91.4 Å². The molecule has 0 aliphatic heterocycles. The van der Waals surface area contributed by atoms with E-state index in [-0.39, 0.29) is 0 Å². The lowest BCUT2D eigenvalue weighted by Crippen LogP contribution is -2.36. The van der Waals surface area contributed by atoms with Gasteiger partial charge in [-0.15, -0.1) is 0 Å². The first-order chi connectivity index (χ1) is 8.97. The molecule has 0 radical (unpaired) electrons. The molecule has 4 saturated carbocycles. The SMILES string of the molecule is CC(C)(C)C1CCC2(CCC3CCC(CC3)C2)CC1. The lowest BCUT2D eigenvalue weighted by Gasteiger charge is -2.49. The van der Waals surface area contributed by atoms with E-state index in [1.165, 1.54) is 12.8 Å². The molecule has 0 heteroatoms. The van der Waals surface area contributed by atoms with Crippen LogP contribution in [0.4, 0.5) is 0 Å². The highest BCUT2D eigenvalue weighted by atomic mass is 14.5. The average molecular weight is 262 g/mol. The van der Waals surface area contributed by atoms with Gasteiger partial charge in [0.15, 0.2) is 0 Å². The summed E-state index contributed by atoms with van der Waals surface area (Å²) in [5.74, 6) is 3.19. The Labute approximate surface area is 120 Å². The molecule has 0 unspecified atom stereocenters. The molecule has 0 N–H and O–H groups in total. The second kappa shape index (κ2) is 5.08. The molecular weight excluding hydrogens is 228 g/mol. The Morgan fingerprint density at radius 1 is 0.684 bits per heavy atom. The van der Waals surface area contributed by atoms with Crippen molar-refractivity contribution >= 4 is 0 Å². The van der Waals surface area contributed by atoms with Crippen molar-refractivity contribution in [3.63, 3.8) is 0 Å². The topological polar surface area (TPSA) is 0 Å². The van der Waals surface area contributed by atoms with Crippen molar-refractivity contribution in [2.24, 2.45) is 28.6 Å². The molecule has 0 aromatic carbocycles. The van der Waals surface area contributed by atoms with E-state index in [1.54, 1.807) is 57.8 Å². The van der Waals surface area contributed by atoms with E-state index in [0.717, 1.165) is 23.2 Å². The second-order valence-electron chi connectivity index (χ2n) is 9.27. The molecule has 0 aromatic rings. The van der Waals surface area contributed by atoms with Crippen LogP contribution in [-0.4, -0.2) is 0 Å². The maximum Gasteiger partial charge on any atom is -0.0295 e. The average Bonchev–Trinajstić information content (AvgIpc) is 2.35. The number of rotatable bonds is 0. The summed E-state index contributed by atoms with van der Waals surface area (Å²) >= 11 is 0. The predicted octanol–water partition coefficient (Wildman–Crippen LogP) is 6.20. The smallest absolute Gasteiger partial charge is 0.0295 e. The fraction of sp³-hybridized carbons (Fsp3) is 1.00. The van der Waals surface area contributed by atoms with Crippen LogP contribution in [0.3, 0.4) is 0 Å². The molecule has 110 valence electrons. The minimum absolute atomic E-state index is 0.544. The molecule has 0 aromatic heterocycles. The largest absolute Gasteiger partial charge is 0.0599 e. The van der Waals surface area contributed by atoms with Gasteiger partial charge in [0.1, 0.15) is 0 Å². The maximum absolute atomic E-state index is 2.45. The molecule has 0 saturated heterocycles. The van der Waals surface area contributed by atoms with Crippen molar-refractivity contribution in [1.29, 1.82) is 0 Å². The highest BCUT2D eigenvalue weighted by molar-refractivity contribution is 4.93. The Kier molecular flexibility index (Phi) is 3.73. The Bertz CT molecular complexity index is 292. The first kappa shape index (κ1) is 14.0. The van der Waals surface area contributed by atoms with Crippen molar-refractivity contribution in [2.75, 3.05) is 0 Å². The summed E-state index contributed by atoms with van der Waals surface area (Å²) in [7, 11) is 0. The summed E-state index contributed by atoms with van der Waals surface area (Å²) in [5.41, 5.74) is 1.33. The third-order valence-corrected chi connectivity index (χ3v) is 7.04. The second-order valence-corrected chi connectivity index (χ2v) is 9.27. The Morgan fingerprint density at radius 2 is 1.21 bits per heavy atom. The van der Waals surface area contributed by atoms with Crippen molar-refractivity contribution in [3.05, 3.63) is 0 Å². The highest BCUT2D eigenvalue weighted by Gasteiger charge is 2.42. The molecular formula is C19H34. The van der Waals surface area contributed by atoms with Crippen molar-refractivity contribution in [2.45, 2.75) is 91.4 Å². The van der Waals surface area contributed by atoms with E-state index in [2.05, 4.69) is 20.8 Å². The summed E-state index contributed by atoms with van der Waals surface area (Å²) in [5, 5.41) is 0. The molecule has 1 spiro atoms. The fourth-order valence-electron chi connectivity index (χ4n) is 5.50. The number of hydrogen-bond donors (Lipinski definition) is 0. The predicted molar refractivity (Wildman–Crippen MR) is 83.1 cm³/mol. The van der Waals surface area contributed by atoms with Gasteiger partial charge < -0.3 is 0 Å². The molecule has 0 heterocycles. The van der Waals surface area contributed by atoms with Crippen LogP contribution in [0, 0.1) is 28.6 Å². The summed E-state index contributed by atoms with van der Waals surface area (Å²) in [4.78, 5) is 0. The van der Waals surface area contributed by atoms with Gasteiger partial charge >= 0.3 is 0 Å². The zero-order valence-electron chi connectivity index (χ0n) is 13.5. The minimum atomic E-state index is 0.544. The van der Waals surface area contributed by atoms with E-state index >= 15 is 0 Å². The molecule has 0 nitrogen and oxygen atoms in total.